The zero-order valence-electron chi connectivity index (χ0n) is 5.80. The molecule has 2 N–H and O–H groups in total. The Kier molecular flexibility index (Phi) is 1.40. The normalized spacial score (nSPS) is 29.6. The summed E-state index contributed by atoms with van der Waals surface area (Å²) in [5.41, 5.74) is 1.37. The van der Waals surface area contributed by atoms with Gasteiger partial charge < -0.3 is 5.32 Å². The molecule has 0 aliphatic carbocycles. The molecule has 2 aliphatic rings. The molecule has 2 heteroatoms. The van der Waals surface area contributed by atoms with Gasteiger partial charge in [-0.2, -0.15) is 0 Å². The molecule has 1 atom stereocenters. The Balaban J connectivity index is 2.27. The van der Waals surface area contributed by atoms with E-state index < -0.39 is 0 Å². The first-order valence-electron chi connectivity index (χ1n) is 3.64. The van der Waals surface area contributed by atoms with Crippen molar-refractivity contribution in [3.8, 4) is 0 Å². The van der Waals surface area contributed by atoms with E-state index in [2.05, 4.69) is 34.9 Å². The zero-order chi connectivity index (χ0) is 6.81. The molecule has 52 valence electrons. The maximum atomic E-state index is 3.39. The van der Waals surface area contributed by atoms with Crippen molar-refractivity contribution in [3.05, 3.63) is 23.9 Å². The van der Waals surface area contributed by atoms with Crippen molar-refractivity contribution in [1.82, 2.24) is 5.32 Å². The van der Waals surface area contributed by atoms with Crippen LogP contribution in [0.25, 0.3) is 0 Å². The van der Waals surface area contributed by atoms with E-state index in [9.17, 15) is 0 Å². The van der Waals surface area contributed by atoms with Gasteiger partial charge in [-0.3, -0.25) is 0 Å². The van der Waals surface area contributed by atoms with Crippen LogP contribution in [0.5, 0.6) is 0 Å². The van der Waals surface area contributed by atoms with Gasteiger partial charge >= 0.3 is 0 Å². The standard InChI is InChI=1S/C8H10N2/c1-2-7-6-9-5-3-8(7)10-4-1/h1-2,5-6,8,10H,3-4H2/p+1. The Hall–Kier alpha value is -0.890. The summed E-state index contributed by atoms with van der Waals surface area (Å²) < 4.78 is 0. The third kappa shape index (κ3) is 0.907. The van der Waals surface area contributed by atoms with E-state index in [1.54, 1.807) is 0 Å². The van der Waals surface area contributed by atoms with Crippen LogP contribution >= 0.6 is 0 Å². The second-order valence-electron chi connectivity index (χ2n) is 2.61. The quantitative estimate of drug-likeness (QED) is 0.435. The van der Waals surface area contributed by atoms with Gasteiger partial charge in [0.15, 0.2) is 6.20 Å². The van der Waals surface area contributed by atoms with Gasteiger partial charge in [-0.05, 0) is 0 Å². The molecule has 10 heavy (non-hydrogen) atoms. The summed E-state index contributed by atoms with van der Waals surface area (Å²) in [7, 11) is 0. The van der Waals surface area contributed by atoms with E-state index in [0.29, 0.717) is 6.04 Å². The molecule has 0 aromatic rings. The summed E-state index contributed by atoms with van der Waals surface area (Å²) >= 11 is 0. The van der Waals surface area contributed by atoms with E-state index in [4.69, 9.17) is 0 Å². The van der Waals surface area contributed by atoms with Crippen molar-refractivity contribution in [1.29, 1.82) is 0 Å². The number of nitrogens with one attached hydrogen (secondary N) is 2. The summed E-state index contributed by atoms with van der Waals surface area (Å²) in [4.78, 5) is 3.11. The maximum absolute atomic E-state index is 3.39. The predicted octanol–water partition coefficient (Wildman–Crippen LogP) is -1.05. The fourth-order valence-electron chi connectivity index (χ4n) is 1.35. The van der Waals surface area contributed by atoms with Crippen molar-refractivity contribution in [2.75, 3.05) is 6.54 Å². The van der Waals surface area contributed by atoms with Crippen LogP contribution in [-0.2, 0) is 0 Å². The number of fused-ring (bicyclic) bond motifs is 1. The smallest absolute Gasteiger partial charge is 0.171 e. The van der Waals surface area contributed by atoms with E-state index in [1.807, 2.05) is 0 Å². The molecule has 0 bridgehead atoms. The fraction of sp³-hybridized carbons (Fsp3) is 0.375. The number of hydrogen-bond donors (Lipinski definition) is 2. The average molecular weight is 135 g/mol. The molecule has 0 aromatic carbocycles. The first kappa shape index (κ1) is 5.86. The van der Waals surface area contributed by atoms with Crippen molar-refractivity contribution in [3.63, 3.8) is 0 Å². The van der Waals surface area contributed by atoms with Gasteiger partial charge in [0.1, 0.15) is 6.21 Å². The van der Waals surface area contributed by atoms with E-state index in [-0.39, 0.29) is 0 Å². The van der Waals surface area contributed by atoms with Gasteiger partial charge in [-0.25, -0.2) is 4.99 Å². The van der Waals surface area contributed by atoms with Crippen LogP contribution in [0.4, 0.5) is 0 Å². The molecular weight excluding hydrogens is 124 g/mol. The highest BCUT2D eigenvalue weighted by atomic mass is 14.9. The van der Waals surface area contributed by atoms with Crippen LogP contribution in [0, 0.1) is 0 Å². The Morgan fingerprint density at radius 1 is 1.60 bits per heavy atom. The van der Waals surface area contributed by atoms with Gasteiger partial charge in [0.05, 0.1) is 0 Å². The molecule has 0 amide bonds. The van der Waals surface area contributed by atoms with Crippen LogP contribution in [0.3, 0.4) is 0 Å². The molecule has 2 nitrogen and oxygen atoms in total. The van der Waals surface area contributed by atoms with E-state index in [1.165, 1.54) is 5.57 Å². The molecule has 0 aromatic heterocycles. The number of rotatable bonds is 0. The summed E-state index contributed by atoms with van der Waals surface area (Å²) in [5.74, 6) is 0. The minimum Gasteiger partial charge on any atom is -0.306 e. The van der Waals surface area contributed by atoms with Gasteiger partial charge in [0.2, 0.25) is 0 Å². The highest BCUT2D eigenvalue weighted by Gasteiger charge is 2.17. The lowest BCUT2D eigenvalue weighted by molar-refractivity contribution is -0.371. The maximum Gasteiger partial charge on any atom is 0.171 e. The zero-order valence-corrected chi connectivity index (χ0v) is 5.80. The van der Waals surface area contributed by atoms with Crippen LogP contribution in [0.15, 0.2) is 23.9 Å². The topological polar surface area (TPSA) is 26.0 Å². The molecule has 0 fully saturated rings. The molecule has 2 rings (SSSR count). The highest BCUT2D eigenvalue weighted by molar-refractivity contribution is 5.55. The van der Waals surface area contributed by atoms with Gasteiger partial charge in [0, 0.05) is 24.6 Å². The molecule has 1 unspecified atom stereocenters. The fourth-order valence-corrected chi connectivity index (χ4v) is 1.35. The molecule has 0 radical (unpaired) electrons. The minimum atomic E-state index is 0.561. The van der Waals surface area contributed by atoms with Crippen LogP contribution in [0.2, 0.25) is 0 Å². The second-order valence-corrected chi connectivity index (χ2v) is 2.61. The third-order valence-corrected chi connectivity index (χ3v) is 1.92. The largest absolute Gasteiger partial charge is 0.306 e. The van der Waals surface area contributed by atoms with Gasteiger partial charge in [-0.1, -0.05) is 12.2 Å². The van der Waals surface area contributed by atoms with E-state index >= 15 is 0 Å². The lowest BCUT2D eigenvalue weighted by Gasteiger charge is -2.19. The number of hydrogen-bond acceptors (Lipinski definition) is 1. The SMILES string of the molecule is C1=CC2=C[NH+]=CCC2NC1. The van der Waals surface area contributed by atoms with Crippen LogP contribution in [-0.4, -0.2) is 18.8 Å². The summed E-state index contributed by atoms with van der Waals surface area (Å²) in [5, 5.41) is 3.39. The summed E-state index contributed by atoms with van der Waals surface area (Å²) in [6, 6.07) is 0.561. The summed E-state index contributed by atoms with van der Waals surface area (Å²) in [6.07, 6.45) is 9.56. The summed E-state index contributed by atoms with van der Waals surface area (Å²) in [6.45, 7) is 1.01. The Morgan fingerprint density at radius 3 is 3.50 bits per heavy atom. The highest BCUT2D eigenvalue weighted by Crippen LogP contribution is 2.09. The predicted molar refractivity (Wildman–Crippen MR) is 40.7 cm³/mol. The third-order valence-electron chi connectivity index (χ3n) is 1.92. The van der Waals surface area contributed by atoms with Crippen molar-refractivity contribution in [2.45, 2.75) is 12.5 Å². The van der Waals surface area contributed by atoms with Crippen molar-refractivity contribution in [2.24, 2.45) is 0 Å². The molecule has 0 saturated heterocycles. The first-order valence-corrected chi connectivity index (χ1v) is 3.64. The van der Waals surface area contributed by atoms with Crippen LogP contribution in [0.1, 0.15) is 6.42 Å². The molecular formula is C8H11N2+. The van der Waals surface area contributed by atoms with Gasteiger partial charge in [0.25, 0.3) is 0 Å². The average Bonchev–Trinajstić information content (AvgIpc) is 2.05. The molecule has 0 spiro atoms. The van der Waals surface area contributed by atoms with E-state index in [0.717, 1.165) is 13.0 Å². The molecule has 2 aliphatic heterocycles. The van der Waals surface area contributed by atoms with Crippen molar-refractivity contribution < 1.29 is 4.99 Å². The second kappa shape index (κ2) is 2.39. The Bertz CT molecular complexity index is 213. The van der Waals surface area contributed by atoms with Crippen LogP contribution < -0.4 is 10.3 Å². The van der Waals surface area contributed by atoms with Gasteiger partial charge in [-0.15, -0.1) is 0 Å². The lowest BCUT2D eigenvalue weighted by Crippen LogP contribution is -2.65. The Morgan fingerprint density at radius 2 is 2.60 bits per heavy atom. The van der Waals surface area contributed by atoms with Crippen molar-refractivity contribution >= 4 is 6.21 Å². The monoisotopic (exact) mass is 135 g/mol. The first-order chi connectivity index (χ1) is 4.97. The minimum absolute atomic E-state index is 0.561. The molecule has 2 heterocycles. The molecule has 0 saturated carbocycles. The lowest BCUT2D eigenvalue weighted by atomic mass is 10.0. The Labute approximate surface area is 60.3 Å².